The van der Waals surface area contributed by atoms with E-state index in [9.17, 15) is 20.0 Å². The van der Waals surface area contributed by atoms with Crippen molar-refractivity contribution in [2.45, 2.75) is 0 Å². The van der Waals surface area contributed by atoms with Gasteiger partial charge in [0.25, 0.3) is 5.91 Å². The molecule has 0 saturated heterocycles. The molecule has 0 aliphatic rings. The number of hydrogen-bond acceptors (Lipinski definition) is 5. The molecule has 0 bridgehead atoms. The fourth-order valence-corrected chi connectivity index (χ4v) is 1.99. The van der Waals surface area contributed by atoms with Crippen molar-refractivity contribution in [2.75, 3.05) is 17.3 Å². The number of aromatic hydroxyl groups is 1. The van der Waals surface area contributed by atoms with Crippen LogP contribution in [0.15, 0.2) is 60.3 Å². The number of carbonyl (C=O) groups is 2. The number of amides is 1. The van der Waals surface area contributed by atoms with Crippen LogP contribution in [-0.2, 0) is 4.79 Å². The lowest BCUT2D eigenvalue weighted by atomic mass is 10.2. The number of phenolic OH excluding ortho intramolecular Hbond substituents is 1. The number of carbonyl (C=O) groups excluding carboxylic acids is 1. The molecule has 0 aromatic heterocycles. The minimum atomic E-state index is -1.06. The van der Waals surface area contributed by atoms with Gasteiger partial charge >= 0.3 is 5.97 Å². The molecule has 126 valence electrons. The van der Waals surface area contributed by atoms with Gasteiger partial charge in [0.2, 0.25) is 0 Å². The van der Waals surface area contributed by atoms with Crippen LogP contribution in [0.5, 0.6) is 5.75 Å². The lowest BCUT2D eigenvalue weighted by Crippen LogP contribution is -2.17. The van der Waals surface area contributed by atoms with Crippen LogP contribution in [0.1, 0.15) is 10.4 Å². The maximum atomic E-state index is 12.2. The monoisotopic (exact) mass is 337 g/mol. The fraction of sp³-hybridized carbons (Fsp3) is 0.0556. The average Bonchev–Trinajstić information content (AvgIpc) is 2.60. The topological polar surface area (TPSA) is 114 Å². The van der Waals surface area contributed by atoms with Crippen molar-refractivity contribution in [3.8, 4) is 11.8 Å². The summed E-state index contributed by atoms with van der Waals surface area (Å²) in [6, 6.07) is 13.7. The van der Waals surface area contributed by atoms with Gasteiger partial charge in [0.05, 0.1) is 5.56 Å². The van der Waals surface area contributed by atoms with E-state index in [4.69, 9.17) is 5.11 Å². The van der Waals surface area contributed by atoms with Crippen molar-refractivity contribution in [2.24, 2.45) is 0 Å². The molecular weight excluding hydrogens is 322 g/mol. The van der Waals surface area contributed by atoms with Gasteiger partial charge in [0.1, 0.15) is 17.4 Å². The van der Waals surface area contributed by atoms with Crippen LogP contribution in [0.2, 0.25) is 0 Å². The van der Waals surface area contributed by atoms with E-state index in [2.05, 4.69) is 5.32 Å². The summed E-state index contributed by atoms with van der Waals surface area (Å²) in [5.74, 6) is -1.56. The first-order valence-electron chi connectivity index (χ1n) is 7.19. The summed E-state index contributed by atoms with van der Waals surface area (Å²) < 4.78 is 0. The van der Waals surface area contributed by atoms with Gasteiger partial charge < -0.3 is 20.4 Å². The number of carboxylic acid groups (broad SMARTS) is 1. The number of nitrogens with zero attached hydrogens (tertiary/aromatic N) is 2. The first-order chi connectivity index (χ1) is 11.9. The molecule has 0 saturated carbocycles. The second kappa shape index (κ2) is 7.66. The van der Waals surface area contributed by atoms with E-state index in [-0.39, 0.29) is 16.9 Å². The number of aromatic carboxylic acids is 1. The lowest BCUT2D eigenvalue weighted by molar-refractivity contribution is -0.112. The third-order valence-electron chi connectivity index (χ3n) is 3.33. The van der Waals surface area contributed by atoms with E-state index in [0.29, 0.717) is 11.4 Å². The molecule has 0 unspecified atom stereocenters. The van der Waals surface area contributed by atoms with E-state index in [1.807, 2.05) is 6.07 Å². The molecule has 2 rings (SSSR count). The number of carboxylic acids is 1. The second-order valence-corrected chi connectivity index (χ2v) is 5.12. The largest absolute Gasteiger partial charge is 0.508 e. The van der Waals surface area contributed by atoms with Crippen LogP contribution in [0.25, 0.3) is 0 Å². The van der Waals surface area contributed by atoms with Gasteiger partial charge in [0, 0.05) is 24.6 Å². The van der Waals surface area contributed by atoms with Crippen molar-refractivity contribution < 1.29 is 19.8 Å². The molecule has 0 aliphatic heterocycles. The van der Waals surface area contributed by atoms with E-state index < -0.39 is 11.9 Å². The Morgan fingerprint density at radius 1 is 1.12 bits per heavy atom. The molecule has 0 fully saturated rings. The summed E-state index contributed by atoms with van der Waals surface area (Å²) in [5, 5.41) is 29.9. The van der Waals surface area contributed by atoms with E-state index in [1.165, 1.54) is 42.6 Å². The lowest BCUT2D eigenvalue weighted by Gasteiger charge is -2.15. The zero-order chi connectivity index (χ0) is 18.4. The molecule has 25 heavy (non-hydrogen) atoms. The summed E-state index contributed by atoms with van der Waals surface area (Å²) in [7, 11) is 1.67. The molecule has 3 N–H and O–H groups in total. The van der Waals surface area contributed by atoms with Crippen LogP contribution < -0.4 is 10.2 Å². The van der Waals surface area contributed by atoms with Crippen LogP contribution >= 0.6 is 0 Å². The number of phenols is 1. The standard InChI is InChI=1S/C18H15N3O4/c1-21(15-6-8-16(22)9-7-15)11-13(10-19)17(23)20-14-4-2-12(3-5-14)18(24)25/h2-9,11,22H,1H3,(H,20,23)(H,24,25)/b13-11-. The van der Waals surface area contributed by atoms with Crippen molar-refractivity contribution in [3.05, 3.63) is 65.9 Å². The quantitative estimate of drug-likeness (QED) is 0.571. The predicted octanol–water partition coefficient (Wildman–Crippen LogP) is 2.57. The molecule has 0 atom stereocenters. The summed E-state index contributed by atoms with van der Waals surface area (Å²) in [5.41, 5.74) is 1.03. The number of anilines is 2. The Balaban J connectivity index is 2.13. The Kier molecular flexibility index (Phi) is 5.38. The van der Waals surface area contributed by atoms with Crippen LogP contribution in [0, 0.1) is 11.3 Å². The predicted molar refractivity (Wildman–Crippen MR) is 92.2 cm³/mol. The Morgan fingerprint density at radius 3 is 2.24 bits per heavy atom. The molecule has 0 heterocycles. The molecule has 7 nitrogen and oxygen atoms in total. The average molecular weight is 337 g/mol. The van der Waals surface area contributed by atoms with Gasteiger partial charge in [-0.1, -0.05) is 0 Å². The highest BCUT2D eigenvalue weighted by Crippen LogP contribution is 2.18. The minimum absolute atomic E-state index is 0.0983. The Bertz CT molecular complexity index is 849. The van der Waals surface area contributed by atoms with E-state index in [0.717, 1.165) is 0 Å². The Hall–Kier alpha value is -3.79. The van der Waals surface area contributed by atoms with Crippen molar-refractivity contribution in [3.63, 3.8) is 0 Å². The second-order valence-electron chi connectivity index (χ2n) is 5.12. The molecule has 7 heteroatoms. The number of nitrogens with one attached hydrogen (secondary N) is 1. The molecule has 0 spiro atoms. The maximum Gasteiger partial charge on any atom is 0.335 e. The molecule has 0 radical (unpaired) electrons. The van der Waals surface area contributed by atoms with Crippen LogP contribution in [-0.4, -0.2) is 29.1 Å². The van der Waals surface area contributed by atoms with Crippen LogP contribution in [0.3, 0.4) is 0 Å². The number of benzene rings is 2. The molecular formula is C18H15N3O4. The maximum absolute atomic E-state index is 12.2. The zero-order valence-corrected chi connectivity index (χ0v) is 13.3. The SMILES string of the molecule is CN(/C=C(/C#N)C(=O)Nc1ccc(C(=O)O)cc1)c1ccc(O)cc1. The Morgan fingerprint density at radius 2 is 1.72 bits per heavy atom. The summed E-state index contributed by atoms with van der Waals surface area (Å²) in [6.07, 6.45) is 1.37. The first kappa shape index (κ1) is 17.6. The molecule has 2 aromatic carbocycles. The Labute approximate surface area is 144 Å². The first-order valence-corrected chi connectivity index (χ1v) is 7.19. The van der Waals surface area contributed by atoms with Crippen molar-refractivity contribution in [1.82, 2.24) is 0 Å². The van der Waals surface area contributed by atoms with Gasteiger partial charge in [-0.3, -0.25) is 4.79 Å². The van der Waals surface area contributed by atoms with E-state index in [1.54, 1.807) is 24.1 Å². The molecule has 0 aliphatic carbocycles. The van der Waals surface area contributed by atoms with Crippen molar-refractivity contribution >= 4 is 23.3 Å². The highest BCUT2D eigenvalue weighted by Gasteiger charge is 2.12. The summed E-state index contributed by atoms with van der Waals surface area (Å²) in [4.78, 5) is 24.6. The summed E-state index contributed by atoms with van der Waals surface area (Å²) >= 11 is 0. The van der Waals surface area contributed by atoms with Gasteiger partial charge in [-0.2, -0.15) is 5.26 Å². The highest BCUT2D eigenvalue weighted by molar-refractivity contribution is 6.07. The summed E-state index contributed by atoms with van der Waals surface area (Å²) in [6.45, 7) is 0. The third-order valence-corrected chi connectivity index (χ3v) is 3.33. The number of hydrogen-bond donors (Lipinski definition) is 3. The van der Waals surface area contributed by atoms with Crippen molar-refractivity contribution in [1.29, 1.82) is 5.26 Å². The molecule has 1 amide bonds. The van der Waals surface area contributed by atoms with Gasteiger partial charge in [0.15, 0.2) is 0 Å². The van der Waals surface area contributed by atoms with Crippen LogP contribution in [0.4, 0.5) is 11.4 Å². The van der Waals surface area contributed by atoms with Gasteiger partial charge in [-0.25, -0.2) is 4.79 Å². The van der Waals surface area contributed by atoms with E-state index >= 15 is 0 Å². The third kappa shape index (κ3) is 4.59. The van der Waals surface area contributed by atoms with Gasteiger partial charge in [-0.05, 0) is 48.5 Å². The van der Waals surface area contributed by atoms with Gasteiger partial charge in [-0.15, -0.1) is 0 Å². The zero-order valence-electron chi connectivity index (χ0n) is 13.3. The highest BCUT2D eigenvalue weighted by atomic mass is 16.4. The normalized spacial score (nSPS) is 10.6. The molecule has 2 aromatic rings. The number of nitriles is 1. The number of rotatable bonds is 5. The minimum Gasteiger partial charge on any atom is -0.508 e. The smallest absolute Gasteiger partial charge is 0.335 e. The fourth-order valence-electron chi connectivity index (χ4n) is 1.99.